The van der Waals surface area contributed by atoms with Gasteiger partial charge < -0.3 is 10.4 Å². The molecule has 0 unspecified atom stereocenters. The van der Waals surface area contributed by atoms with Crippen LogP contribution < -0.4 is 16.6 Å². The number of aliphatic carboxylic acids is 1. The molecule has 1 aromatic heterocycles. The van der Waals surface area contributed by atoms with Crippen LogP contribution in [0.4, 0.5) is 5.82 Å². The van der Waals surface area contributed by atoms with Gasteiger partial charge in [-0.2, -0.15) is 0 Å². The number of H-pyrrole nitrogens is 2. The maximum Gasteiger partial charge on any atom is 0.342 e. The fourth-order valence-electron chi connectivity index (χ4n) is 2.21. The molecule has 1 aromatic rings. The third-order valence-electron chi connectivity index (χ3n) is 3.19. The van der Waals surface area contributed by atoms with Gasteiger partial charge >= 0.3 is 11.7 Å². The highest BCUT2D eigenvalue weighted by atomic mass is 16.4. The SMILES string of the molecule is O=C(O)C1(Nc2n[nH]c(=O)[nH]c2=O)CCCCC1. The molecule has 4 N–H and O–H groups in total. The molecular formula is C10H14N4O4. The first-order valence-corrected chi connectivity index (χ1v) is 5.74. The van der Waals surface area contributed by atoms with Crippen molar-refractivity contribution in [1.29, 1.82) is 0 Å². The van der Waals surface area contributed by atoms with Crippen LogP contribution in [-0.2, 0) is 4.79 Å². The second-order valence-electron chi connectivity index (χ2n) is 4.43. The van der Waals surface area contributed by atoms with Gasteiger partial charge in [-0.15, -0.1) is 5.10 Å². The lowest BCUT2D eigenvalue weighted by Gasteiger charge is -2.33. The van der Waals surface area contributed by atoms with E-state index >= 15 is 0 Å². The highest BCUT2D eigenvalue weighted by Gasteiger charge is 2.40. The minimum absolute atomic E-state index is 0.168. The Labute approximate surface area is 101 Å². The molecule has 1 heterocycles. The Hall–Kier alpha value is -2.12. The third kappa shape index (κ3) is 2.27. The Morgan fingerprint density at radius 2 is 1.94 bits per heavy atom. The molecule has 8 heteroatoms. The quantitative estimate of drug-likeness (QED) is 0.584. The van der Waals surface area contributed by atoms with Gasteiger partial charge in [-0.05, 0) is 12.8 Å². The van der Waals surface area contributed by atoms with Crippen molar-refractivity contribution in [3.8, 4) is 0 Å². The maximum atomic E-state index is 11.5. The molecule has 18 heavy (non-hydrogen) atoms. The van der Waals surface area contributed by atoms with E-state index in [4.69, 9.17) is 0 Å². The summed E-state index contributed by atoms with van der Waals surface area (Å²) in [5.74, 6) is -1.17. The van der Waals surface area contributed by atoms with Crippen molar-refractivity contribution in [3.63, 3.8) is 0 Å². The van der Waals surface area contributed by atoms with Crippen molar-refractivity contribution in [3.05, 3.63) is 20.8 Å². The van der Waals surface area contributed by atoms with Crippen LogP contribution in [0.2, 0.25) is 0 Å². The number of rotatable bonds is 3. The lowest BCUT2D eigenvalue weighted by molar-refractivity contribution is -0.143. The zero-order chi connectivity index (χ0) is 13.2. The number of carbonyl (C=O) groups is 1. The van der Waals surface area contributed by atoms with Gasteiger partial charge in [-0.1, -0.05) is 19.3 Å². The number of anilines is 1. The molecule has 1 saturated carbocycles. The molecule has 0 aliphatic heterocycles. The summed E-state index contributed by atoms with van der Waals surface area (Å²) in [7, 11) is 0. The summed E-state index contributed by atoms with van der Waals surface area (Å²) in [6, 6.07) is 0. The van der Waals surface area contributed by atoms with E-state index in [1.54, 1.807) is 0 Å². The van der Waals surface area contributed by atoms with Crippen molar-refractivity contribution in [1.82, 2.24) is 15.2 Å². The highest BCUT2D eigenvalue weighted by molar-refractivity contribution is 5.82. The fourth-order valence-corrected chi connectivity index (χ4v) is 2.21. The van der Waals surface area contributed by atoms with E-state index in [0.29, 0.717) is 12.8 Å². The molecule has 2 rings (SSSR count). The van der Waals surface area contributed by atoms with Crippen LogP contribution >= 0.6 is 0 Å². The molecule has 0 aromatic carbocycles. The topological polar surface area (TPSA) is 128 Å². The minimum atomic E-state index is -1.17. The van der Waals surface area contributed by atoms with Crippen LogP contribution in [0.25, 0.3) is 0 Å². The molecule has 0 atom stereocenters. The summed E-state index contributed by atoms with van der Waals surface area (Å²) < 4.78 is 0. The number of carboxylic acid groups (broad SMARTS) is 1. The summed E-state index contributed by atoms with van der Waals surface area (Å²) in [4.78, 5) is 35.7. The van der Waals surface area contributed by atoms with Gasteiger partial charge in [0.05, 0.1) is 0 Å². The highest BCUT2D eigenvalue weighted by Crippen LogP contribution is 2.30. The van der Waals surface area contributed by atoms with Gasteiger partial charge in [0.2, 0.25) is 5.82 Å². The predicted molar refractivity (Wildman–Crippen MR) is 62.6 cm³/mol. The van der Waals surface area contributed by atoms with E-state index in [2.05, 4.69) is 15.5 Å². The molecule has 1 aliphatic carbocycles. The predicted octanol–water partition coefficient (Wildman–Crippen LogP) is -0.342. The van der Waals surface area contributed by atoms with Gasteiger partial charge in [0.25, 0.3) is 5.56 Å². The van der Waals surface area contributed by atoms with E-state index in [9.17, 15) is 19.5 Å². The first-order chi connectivity index (χ1) is 8.53. The standard InChI is InChI=1S/C10H14N4O4/c15-7-6(13-14-9(18)11-7)12-10(8(16)17)4-2-1-3-5-10/h1-5H2,(H,12,13)(H,16,17)(H2,11,14,15,18). The van der Waals surface area contributed by atoms with E-state index < -0.39 is 22.8 Å². The average Bonchev–Trinajstić information content (AvgIpc) is 2.34. The van der Waals surface area contributed by atoms with Crippen LogP contribution in [0.5, 0.6) is 0 Å². The summed E-state index contributed by atoms with van der Waals surface area (Å²) in [5.41, 5.74) is -2.61. The van der Waals surface area contributed by atoms with E-state index in [1.807, 2.05) is 4.98 Å². The van der Waals surface area contributed by atoms with Crippen LogP contribution in [0.15, 0.2) is 9.59 Å². The Kier molecular flexibility index (Phi) is 3.17. The number of nitrogens with zero attached hydrogens (tertiary/aromatic N) is 1. The minimum Gasteiger partial charge on any atom is -0.480 e. The number of aromatic amines is 2. The van der Waals surface area contributed by atoms with E-state index in [-0.39, 0.29) is 5.82 Å². The normalized spacial score (nSPS) is 18.2. The Morgan fingerprint density at radius 1 is 1.28 bits per heavy atom. The molecule has 8 nitrogen and oxygen atoms in total. The van der Waals surface area contributed by atoms with E-state index in [0.717, 1.165) is 19.3 Å². The lowest BCUT2D eigenvalue weighted by Crippen LogP contribution is -2.49. The van der Waals surface area contributed by atoms with Gasteiger partial charge in [-0.3, -0.25) is 9.78 Å². The lowest BCUT2D eigenvalue weighted by atomic mass is 9.81. The van der Waals surface area contributed by atoms with E-state index in [1.165, 1.54) is 0 Å². The van der Waals surface area contributed by atoms with Crippen molar-refractivity contribution in [2.75, 3.05) is 5.32 Å². The van der Waals surface area contributed by atoms with Crippen LogP contribution in [0, 0.1) is 0 Å². The molecule has 1 fully saturated rings. The summed E-state index contributed by atoms with van der Waals surface area (Å²) >= 11 is 0. The van der Waals surface area contributed by atoms with Crippen LogP contribution in [-0.4, -0.2) is 31.8 Å². The Balaban J connectivity index is 2.31. The summed E-state index contributed by atoms with van der Waals surface area (Å²) in [6.45, 7) is 0. The first-order valence-electron chi connectivity index (χ1n) is 5.74. The number of hydrogen-bond acceptors (Lipinski definition) is 5. The maximum absolute atomic E-state index is 11.5. The van der Waals surface area contributed by atoms with Crippen LogP contribution in [0.3, 0.4) is 0 Å². The molecule has 0 spiro atoms. The second kappa shape index (κ2) is 4.63. The molecule has 0 radical (unpaired) electrons. The van der Waals surface area contributed by atoms with Crippen molar-refractivity contribution in [2.45, 2.75) is 37.6 Å². The fraction of sp³-hybridized carbons (Fsp3) is 0.600. The average molecular weight is 254 g/mol. The van der Waals surface area contributed by atoms with Crippen molar-refractivity contribution >= 4 is 11.8 Å². The smallest absolute Gasteiger partial charge is 0.342 e. The largest absolute Gasteiger partial charge is 0.480 e. The molecule has 1 aliphatic rings. The first kappa shape index (κ1) is 12.3. The van der Waals surface area contributed by atoms with Crippen molar-refractivity contribution in [2.24, 2.45) is 0 Å². The Bertz CT molecular complexity index is 555. The van der Waals surface area contributed by atoms with Crippen molar-refractivity contribution < 1.29 is 9.90 Å². The zero-order valence-corrected chi connectivity index (χ0v) is 9.65. The van der Waals surface area contributed by atoms with Crippen LogP contribution in [0.1, 0.15) is 32.1 Å². The molecular weight excluding hydrogens is 240 g/mol. The zero-order valence-electron chi connectivity index (χ0n) is 9.65. The third-order valence-corrected chi connectivity index (χ3v) is 3.19. The number of carboxylic acids is 1. The second-order valence-corrected chi connectivity index (χ2v) is 4.43. The molecule has 98 valence electrons. The van der Waals surface area contributed by atoms with Gasteiger partial charge in [-0.25, -0.2) is 14.7 Å². The van der Waals surface area contributed by atoms with Gasteiger partial charge in [0.1, 0.15) is 5.54 Å². The molecule has 0 bridgehead atoms. The molecule has 0 saturated heterocycles. The number of hydrogen-bond donors (Lipinski definition) is 4. The number of aromatic nitrogens is 3. The monoisotopic (exact) mass is 254 g/mol. The molecule has 0 amide bonds. The summed E-state index contributed by atoms with van der Waals surface area (Å²) in [5, 5.41) is 17.6. The van der Waals surface area contributed by atoms with Gasteiger partial charge in [0, 0.05) is 0 Å². The van der Waals surface area contributed by atoms with Gasteiger partial charge in [0.15, 0.2) is 0 Å². The number of nitrogens with one attached hydrogen (secondary N) is 3. The Morgan fingerprint density at radius 3 is 2.50 bits per heavy atom. The summed E-state index contributed by atoms with van der Waals surface area (Å²) in [6.07, 6.45) is 3.40.